The summed E-state index contributed by atoms with van der Waals surface area (Å²) in [5.41, 5.74) is 1.05. The SMILES string of the molecule is C#Cc1c(F)ccc2cc(OC(=O)[C@H](Cc3c[nH]c4ccccc34)NC(C)=O)cc(-c3cc4c5c(nc(OC[C@@]67CCCN6C[C@H](F)C7)nc5c3F)N3C[C@H]5CC[C@H](N5)[C@H]3CO4)c12. The van der Waals surface area contributed by atoms with Crippen molar-refractivity contribution in [3.63, 3.8) is 0 Å². The molecule has 5 aliphatic rings. The smallest absolute Gasteiger partial charge is 0.334 e. The number of para-hydroxylation sites is 1. The molecule has 4 aromatic carbocycles. The lowest BCUT2D eigenvalue weighted by Crippen LogP contribution is -2.60. The Kier molecular flexibility index (Phi) is 9.50. The number of fused-ring (bicyclic) bond motifs is 8. The number of anilines is 1. The van der Waals surface area contributed by atoms with Gasteiger partial charge in [0.2, 0.25) is 5.91 Å². The average molecular weight is 856 g/mol. The molecule has 322 valence electrons. The number of hydrogen-bond donors (Lipinski definition) is 3. The molecule has 0 saturated carbocycles. The van der Waals surface area contributed by atoms with E-state index in [0.29, 0.717) is 41.9 Å². The zero-order valence-corrected chi connectivity index (χ0v) is 34.5. The highest BCUT2D eigenvalue weighted by Gasteiger charge is 2.50. The number of H-pyrrole nitrogens is 1. The van der Waals surface area contributed by atoms with Crippen LogP contribution in [0.3, 0.4) is 0 Å². The molecule has 11 rings (SSSR count). The number of ether oxygens (including phenoxy) is 3. The largest absolute Gasteiger partial charge is 0.491 e. The lowest BCUT2D eigenvalue weighted by atomic mass is 9.92. The van der Waals surface area contributed by atoms with E-state index in [0.717, 1.165) is 48.7 Å². The Bertz CT molecular complexity index is 2920. The Balaban J connectivity index is 1.04. The van der Waals surface area contributed by atoms with Crippen LogP contribution in [0.5, 0.6) is 17.5 Å². The molecule has 1 amide bonds. The van der Waals surface area contributed by atoms with Crippen molar-refractivity contribution >= 4 is 50.3 Å². The van der Waals surface area contributed by atoms with Crippen molar-refractivity contribution in [2.45, 2.75) is 81.3 Å². The fourth-order valence-corrected chi connectivity index (χ4v) is 10.9. The second-order valence-electron chi connectivity index (χ2n) is 17.6. The minimum Gasteiger partial charge on any atom is -0.491 e. The minimum absolute atomic E-state index is 0.00683. The van der Waals surface area contributed by atoms with Crippen molar-refractivity contribution in [1.29, 1.82) is 0 Å². The number of carbonyl (C=O) groups is 2. The molecule has 2 bridgehead atoms. The Morgan fingerprint density at radius 2 is 1.97 bits per heavy atom. The van der Waals surface area contributed by atoms with E-state index >= 15 is 8.78 Å². The number of halogens is 3. The second kappa shape index (κ2) is 15.2. The first-order chi connectivity index (χ1) is 30.6. The van der Waals surface area contributed by atoms with Gasteiger partial charge in [-0.1, -0.05) is 30.2 Å². The molecule has 15 heteroatoms. The fourth-order valence-electron chi connectivity index (χ4n) is 10.9. The third kappa shape index (κ3) is 6.69. The van der Waals surface area contributed by atoms with E-state index in [2.05, 4.69) is 31.3 Å². The summed E-state index contributed by atoms with van der Waals surface area (Å²) in [6, 6.07) is 13.9. The van der Waals surface area contributed by atoms with Crippen LogP contribution in [0, 0.1) is 24.0 Å². The number of nitrogens with one attached hydrogen (secondary N) is 3. The zero-order valence-electron chi connectivity index (χ0n) is 34.5. The summed E-state index contributed by atoms with van der Waals surface area (Å²) in [4.78, 5) is 43.7. The van der Waals surface area contributed by atoms with Crippen molar-refractivity contribution in [3.8, 4) is 41.0 Å². The summed E-state index contributed by atoms with van der Waals surface area (Å²) >= 11 is 0. The van der Waals surface area contributed by atoms with Crippen molar-refractivity contribution in [1.82, 2.24) is 30.5 Å². The predicted molar refractivity (Wildman–Crippen MR) is 231 cm³/mol. The summed E-state index contributed by atoms with van der Waals surface area (Å²) in [5, 5.41) is 8.25. The number of aromatic amines is 1. The van der Waals surface area contributed by atoms with E-state index < -0.39 is 41.3 Å². The Labute approximate surface area is 360 Å². The maximum Gasteiger partial charge on any atom is 0.334 e. The standard InChI is InChI=1S/C48H44F3N7O5/c1-3-31-35(50)11-9-26-15-30(63-46(60)38(53-25(2)59)16-27-20-52-36-8-5-4-7-32(27)36)17-33(41(26)31)34-18-40-42-44(43(34)51)55-47(62-24-48-13-6-14-57(48)21-28(49)19-48)56-45(42)58-22-29-10-12-37(54-29)39(58)23-61-40/h1,4-5,7-9,11,15,17-18,20,28-29,37-39,52,54H,6,10,12-14,16,19,21-24H2,2H3,(H,53,59)/t28-,29-,37+,38+,39-,48+/m1/s1. The first kappa shape index (κ1) is 39.5. The van der Waals surface area contributed by atoms with Gasteiger partial charge in [0.15, 0.2) is 5.82 Å². The van der Waals surface area contributed by atoms with Gasteiger partial charge in [-0.2, -0.15) is 9.97 Å². The van der Waals surface area contributed by atoms with Gasteiger partial charge in [0.1, 0.15) is 54.1 Å². The first-order valence-corrected chi connectivity index (χ1v) is 21.5. The molecule has 63 heavy (non-hydrogen) atoms. The normalized spacial score (nSPS) is 24.1. The number of hydrogen-bond acceptors (Lipinski definition) is 10. The van der Waals surface area contributed by atoms with Crippen LogP contribution < -0.4 is 29.7 Å². The van der Waals surface area contributed by atoms with Crippen LogP contribution >= 0.6 is 0 Å². The van der Waals surface area contributed by atoms with Gasteiger partial charge in [-0.3, -0.25) is 9.69 Å². The van der Waals surface area contributed by atoms with Gasteiger partial charge in [-0.25, -0.2) is 18.0 Å². The lowest BCUT2D eigenvalue weighted by molar-refractivity contribution is -0.139. The molecule has 7 heterocycles. The number of nitrogens with zero attached hydrogens (tertiary/aromatic N) is 4. The number of aromatic nitrogens is 3. The van der Waals surface area contributed by atoms with E-state index in [1.54, 1.807) is 12.3 Å². The predicted octanol–water partition coefficient (Wildman–Crippen LogP) is 6.50. The molecule has 3 N–H and O–H groups in total. The van der Waals surface area contributed by atoms with Crippen LogP contribution in [-0.2, 0) is 16.0 Å². The van der Waals surface area contributed by atoms with Crippen LogP contribution in [-0.4, -0.2) is 100 Å². The third-order valence-electron chi connectivity index (χ3n) is 13.8. The number of amides is 1. The molecule has 0 unspecified atom stereocenters. The highest BCUT2D eigenvalue weighted by molar-refractivity contribution is 6.06. The van der Waals surface area contributed by atoms with Crippen LogP contribution in [0.2, 0.25) is 0 Å². The van der Waals surface area contributed by atoms with Gasteiger partial charge < -0.3 is 34.7 Å². The van der Waals surface area contributed by atoms with Gasteiger partial charge in [0.05, 0.1) is 22.5 Å². The molecule has 2 aromatic heterocycles. The van der Waals surface area contributed by atoms with Crippen molar-refractivity contribution < 1.29 is 37.0 Å². The molecule has 6 atom stereocenters. The summed E-state index contributed by atoms with van der Waals surface area (Å²) in [6.45, 7) is 3.45. The molecule has 5 aliphatic heterocycles. The second-order valence-corrected chi connectivity index (χ2v) is 17.6. The van der Waals surface area contributed by atoms with Crippen molar-refractivity contribution in [2.75, 3.05) is 37.7 Å². The van der Waals surface area contributed by atoms with E-state index in [1.165, 1.54) is 31.2 Å². The highest BCUT2D eigenvalue weighted by Crippen LogP contribution is 2.47. The molecule has 0 spiro atoms. The molecule has 4 fully saturated rings. The summed E-state index contributed by atoms with van der Waals surface area (Å²) in [7, 11) is 0. The van der Waals surface area contributed by atoms with Gasteiger partial charge in [-0.05, 0) is 79.1 Å². The molecule has 4 saturated heterocycles. The Morgan fingerprint density at radius 1 is 1.10 bits per heavy atom. The van der Waals surface area contributed by atoms with Crippen LogP contribution in [0.1, 0.15) is 50.2 Å². The number of carbonyl (C=O) groups excluding carboxylic acids is 2. The lowest BCUT2D eigenvalue weighted by Gasteiger charge is -2.40. The molecule has 12 nitrogen and oxygen atoms in total. The Hall–Kier alpha value is -6.37. The minimum atomic E-state index is -1.10. The summed E-state index contributed by atoms with van der Waals surface area (Å²) < 4.78 is 67.3. The number of benzene rings is 4. The fraction of sp³-hybridized carbons (Fsp3) is 0.375. The van der Waals surface area contributed by atoms with Gasteiger partial charge in [-0.15, -0.1) is 6.42 Å². The average Bonchev–Trinajstić information content (AvgIpc) is 4.02. The van der Waals surface area contributed by atoms with Crippen molar-refractivity contribution in [2.24, 2.45) is 0 Å². The molecule has 6 aromatic rings. The number of terminal acetylenes is 1. The molecular formula is C48H44F3N7O5. The zero-order chi connectivity index (χ0) is 43.1. The first-order valence-electron chi connectivity index (χ1n) is 21.5. The maximum atomic E-state index is 17.9. The topological polar surface area (TPSA) is 134 Å². The van der Waals surface area contributed by atoms with E-state index in [-0.39, 0.29) is 77.1 Å². The number of alkyl halides is 1. The summed E-state index contributed by atoms with van der Waals surface area (Å²) in [6.07, 6.45) is 10.8. The van der Waals surface area contributed by atoms with Gasteiger partial charge in [0.25, 0.3) is 0 Å². The van der Waals surface area contributed by atoms with E-state index in [9.17, 15) is 14.0 Å². The third-order valence-corrected chi connectivity index (χ3v) is 13.8. The maximum absolute atomic E-state index is 17.9. The number of piperazine rings is 1. The molecular weight excluding hydrogens is 812 g/mol. The van der Waals surface area contributed by atoms with Gasteiger partial charge in [0, 0.05) is 73.0 Å². The van der Waals surface area contributed by atoms with Gasteiger partial charge >= 0.3 is 12.0 Å². The van der Waals surface area contributed by atoms with E-state index in [1.807, 2.05) is 24.3 Å². The quantitative estimate of drug-likeness (QED) is 0.0842. The number of rotatable bonds is 9. The molecule has 0 aliphatic carbocycles. The molecule has 0 radical (unpaired) electrons. The Morgan fingerprint density at radius 3 is 2.83 bits per heavy atom. The monoisotopic (exact) mass is 855 g/mol. The van der Waals surface area contributed by atoms with Crippen LogP contribution in [0.4, 0.5) is 19.0 Å². The highest BCUT2D eigenvalue weighted by atomic mass is 19.1. The van der Waals surface area contributed by atoms with Crippen LogP contribution in [0.15, 0.2) is 60.8 Å². The van der Waals surface area contributed by atoms with Crippen LogP contribution in [0.25, 0.3) is 43.7 Å². The number of esters is 1. The summed E-state index contributed by atoms with van der Waals surface area (Å²) in [5.74, 6) is 0.565. The van der Waals surface area contributed by atoms with E-state index in [4.69, 9.17) is 30.6 Å². The van der Waals surface area contributed by atoms with Crippen molar-refractivity contribution in [3.05, 3.63) is 83.6 Å².